The summed E-state index contributed by atoms with van der Waals surface area (Å²) in [6, 6.07) is 3.57. The summed E-state index contributed by atoms with van der Waals surface area (Å²) in [6.07, 6.45) is 4.28. The summed E-state index contributed by atoms with van der Waals surface area (Å²) in [5.41, 5.74) is -0.343. The predicted octanol–water partition coefficient (Wildman–Crippen LogP) is 3.80. The maximum Gasteiger partial charge on any atom is 0.106 e. The third-order valence-electron chi connectivity index (χ3n) is 5.15. The Morgan fingerprint density at radius 1 is 1.33 bits per heavy atom. The molecule has 0 aliphatic carbocycles. The fourth-order valence-corrected chi connectivity index (χ4v) is 3.78. The van der Waals surface area contributed by atoms with Gasteiger partial charge in [-0.1, -0.05) is 20.8 Å². The second-order valence-electron chi connectivity index (χ2n) is 7.50. The second-order valence-corrected chi connectivity index (χ2v) is 7.50. The van der Waals surface area contributed by atoms with Gasteiger partial charge in [-0.15, -0.1) is 0 Å². The van der Waals surface area contributed by atoms with Gasteiger partial charge in [0.15, 0.2) is 0 Å². The average molecular weight is 293 g/mol. The highest BCUT2D eigenvalue weighted by atomic mass is 15.2. The summed E-state index contributed by atoms with van der Waals surface area (Å²) >= 11 is 0. The van der Waals surface area contributed by atoms with Gasteiger partial charge in [-0.3, -0.25) is 5.32 Å². The van der Waals surface area contributed by atoms with Crippen molar-refractivity contribution in [3.8, 4) is 6.07 Å². The molecule has 0 aromatic carbocycles. The van der Waals surface area contributed by atoms with Gasteiger partial charge in [0.05, 0.1) is 6.07 Å². The minimum atomic E-state index is -0.343. The molecule has 0 amide bonds. The highest BCUT2D eigenvalue weighted by molar-refractivity contribution is 5.07. The maximum absolute atomic E-state index is 9.57. The summed E-state index contributed by atoms with van der Waals surface area (Å²) in [5.74, 6) is 1.59. The van der Waals surface area contributed by atoms with Crippen molar-refractivity contribution in [2.75, 3.05) is 13.1 Å². The minimum Gasteiger partial charge on any atom is -0.300 e. The van der Waals surface area contributed by atoms with Crippen LogP contribution in [0.4, 0.5) is 0 Å². The number of piperidine rings is 1. The lowest BCUT2D eigenvalue weighted by Gasteiger charge is -2.41. The number of nitrogens with zero attached hydrogens (tertiary/aromatic N) is 2. The topological polar surface area (TPSA) is 39.1 Å². The molecule has 4 unspecified atom stereocenters. The van der Waals surface area contributed by atoms with Crippen LogP contribution < -0.4 is 5.32 Å². The van der Waals surface area contributed by atoms with E-state index in [1.165, 1.54) is 13.0 Å². The SMILES string of the molecule is CCC(C#N)(CCCN1CC(C)CC(C)C1C)NC(C)C. The first kappa shape index (κ1) is 18.5. The zero-order valence-electron chi connectivity index (χ0n) is 14.9. The molecule has 0 saturated carbocycles. The second kappa shape index (κ2) is 8.15. The van der Waals surface area contributed by atoms with Crippen molar-refractivity contribution < 1.29 is 0 Å². The van der Waals surface area contributed by atoms with E-state index in [-0.39, 0.29) is 5.54 Å². The van der Waals surface area contributed by atoms with Crippen molar-refractivity contribution in [3.63, 3.8) is 0 Å². The fourth-order valence-electron chi connectivity index (χ4n) is 3.78. The van der Waals surface area contributed by atoms with Crippen LogP contribution in [-0.4, -0.2) is 35.6 Å². The summed E-state index contributed by atoms with van der Waals surface area (Å²) in [4.78, 5) is 2.63. The van der Waals surface area contributed by atoms with E-state index in [2.05, 4.69) is 57.8 Å². The fraction of sp³-hybridized carbons (Fsp3) is 0.944. The third-order valence-corrected chi connectivity index (χ3v) is 5.15. The van der Waals surface area contributed by atoms with Crippen LogP contribution in [0.2, 0.25) is 0 Å². The molecule has 1 N–H and O–H groups in total. The van der Waals surface area contributed by atoms with Crippen molar-refractivity contribution in [2.45, 2.75) is 84.8 Å². The van der Waals surface area contributed by atoms with E-state index in [1.54, 1.807) is 0 Å². The monoisotopic (exact) mass is 293 g/mol. The van der Waals surface area contributed by atoms with Gasteiger partial charge < -0.3 is 4.90 Å². The number of nitrogens with one attached hydrogen (secondary N) is 1. The predicted molar refractivity (Wildman–Crippen MR) is 90.1 cm³/mol. The van der Waals surface area contributed by atoms with E-state index in [9.17, 15) is 5.26 Å². The van der Waals surface area contributed by atoms with Crippen molar-refractivity contribution in [1.29, 1.82) is 5.26 Å². The zero-order chi connectivity index (χ0) is 16.0. The summed E-state index contributed by atoms with van der Waals surface area (Å²) < 4.78 is 0. The van der Waals surface area contributed by atoms with Crippen LogP contribution >= 0.6 is 0 Å². The molecule has 1 rings (SSSR count). The van der Waals surface area contributed by atoms with E-state index >= 15 is 0 Å². The van der Waals surface area contributed by atoms with Crippen molar-refractivity contribution >= 4 is 0 Å². The van der Waals surface area contributed by atoms with Gasteiger partial charge in [-0.05, 0) is 64.8 Å². The van der Waals surface area contributed by atoms with E-state index in [0.29, 0.717) is 12.1 Å². The third kappa shape index (κ3) is 5.27. The number of hydrogen-bond acceptors (Lipinski definition) is 3. The molecule has 122 valence electrons. The molecular weight excluding hydrogens is 258 g/mol. The molecule has 3 heteroatoms. The van der Waals surface area contributed by atoms with Crippen LogP contribution in [0.3, 0.4) is 0 Å². The molecule has 0 aromatic rings. The molecule has 1 heterocycles. The van der Waals surface area contributed by atoms with E-state index in [1.807, 2.05) is 0 Å². The summed E-state index contributed by atoms with van der Waals surface area (Å²) in [5, 5.41) is 13.1. The lowest BCUT2D eigenvalue weighted by molar-refractivity contribution is 0.0763. The molecule has 4 atom stereocenters. The van der Waals surface area contributed by atoms with E-state index in [4.69, 9.17) is 0 Å². The summed E-state index contributed by atoms with van der Waals surface area (Å²) in [7, 11) is 0. The first-order valence-electron chi connectivity index (χ1n) is 8.76. The number of rotatable bonds is 7. The molecule has 1 fully saturated rings. The Morgan fingerprint density at radius 3 is 2.52 bits per heavy atom. The summed E-state index contributed by atoms with van der Waals surface area (Å²) in [6.45, 7) is 15.8. The Balaban J connectivity index is 2.52. The Morgan fingerprint density at radius 2 is 2.00 bits per heavy atom. The van der Waals surface area contributed by atoms with Crippen molar-refractivity contribution in [3.05, 3.63) is 0 Å². The van der Waals surface area contributed by atoms with Crippen LogP contribution in [0.5, 0.6) is 0 Å². The molecule has 0 radical (unpaired) electrons. The average Bonchev–Trinajstić information content (AvgIpc) is 2.42. The quantitative estimate of drug-likeness (QED) is 0.776. The largest absolute Gasteiger partial charge is 0.300 e. The van der Waals surface area contributed by atoms with Gasteiger partial charge >= 0.3 is 0 Å². The Bertz CT molecular complexity index is 347. The Kier molecular flexibility index (Phi) is 7.16. The molecule has 0 bridgehead atoms. The van der Waals surface area contributed by atoms with E-state index < -0.39 is 0 Å². The van der Waals surface area contributed by atoms with Gasteiger partial charge in [0.1, 0.15) is 5.54 Å². The van der Waals surface area contributed by atoms with Crippen LogP contribution in [-0.2, 0) is 0 Å². The number of hydrogen-bond donors (Lipinski definition) is 1. The van der Waals surface area contributed by atoms with Gasteiger partial charge in [0.2, 0.25) is 0 Å². The Labute approximate surface area is 132 Å². The maximum atomic E-state index is 9.57. The Hall–Kier alpha value is -0.590. The highest BCUT2D eigenvalue weighted by Crippen LogP contribution is 2.27. The van der Waals surface area contributed by atoms with Gasteiger partial charge in [0.25, 0.3) is 0 Å². The van der Waals surface area contributed by atoms with Crippen LogP contribution in [0.15, 0.2) is 0 Å². The zero-order valence-corrected chi connectivity index (χ0v) is 14.9. The molecule has 1 aliphatic rings. The minimum absolute atomic E-state index is 0.343. The number of likely N-dealkylation sites (tertiary alicyclic amines) is 1. The standard InChI is InChI=1S/C18H35N3/c1-7-18(13-19,20-14(2)3)9-8-10-21-12-15(4)11-16(5)17(21)6/h14-17,20H,7-12H2,1-6H3. The van der Waals surface area contributed by atoms with Crippen molar-refractivity contribution in [1.82, 2.24) is 10.2 Å². The van der Waals surface area contributed by atoms with Crippen molar-refractivity contribution in [2.24, 2.45) is 11.8 Å². The van der Waals surface area contributed by atoms with Crippen LogP contribution in [0, 0.1) is 23.2 Å². The smallest absolute Gasteiger partial charge is 0.106 e. The molecule has 0 aromatic heterocycles. The van der Waals surface area contributed by atoms with Crippen LogP contribution in [0.1, 0.15) is 67.2 Å². The first-order chi connectivity index (χ1) is 9.83. The normalized spacial score (nSPS) is 30.1. The molecule has 1 saturated heterocycles. The lowest BCUT2D eigenvalue weighted by atomic mass is 9.85. The highest BCUT2D eigenvalue weighted by Gasteiger charge is 2.31. The van der Waals surface area contributed by atoms with E-state index in [0.717, 1.165) is 37.6 Å². The van der Waals surface area contributed by atoms with Gasteiger partial charge in [0, 0.05) is 18.6 Å². The van der Waals surface area contributed by atoms with Gasteiger partial charge in [-0.25, -0.2) is 0 Å². The molecule has 3 nitrogen and oxygen atoms in total. The van der Waals surface area contributed by atoms with Gasteiger partial charge in [-0.2, -0.15) is 5.26 Å². The van der Waals surface area contributed by atoms with Crippen LogP contribution in [0.25, 0.3) is 0 Å². The molecule has 1 aliphatic heterocycles. The molecule has 0 spiro atoms. The number of nitriles is 1. The molecule has 21 heavy (non-hydrogen) atoms. The first-order valence-corrected chi connectivity index (χ1v) is 8.76. The molecular formula is C18H35N3. The lowest BCUT2D eigenvalue weighted by Crippen LogP contribution is -2.49.